The second-order valence-corrected chi connectivity index (χ2v) is 5.80. The van der Waals surface area contributed by atoms with Crippen LogP contribution >= 0.6 is 15.9 Å². The average molecular weight is 287 g/mol. The first-order valence-corrected chi connectivity index (χ1v) is 6.94. The lowest BCUT2D eigenvalue weighted by molar-refractivity contribution is 0.217. The van der Waals surface area contributed by atoms with Gasteiger partial charge in [0.25, 0.3) is 0 Å². The summed E-state index contributed by atoms with van der Waals surface area (Å²) in [6, 6.07) is 0. The third kappa shape index (κ3) is 3.28. The minimum atomic E-state index is 0.288. The summed E-state index contributed by atoms with van der Waals surface area (Å²) in [6.07, 6.45) is 6.12. The largest absolute Gasteiger partial charge is 0.301 e. The predicted molar refractivity (Wildman–Crippen MR) is 67.7 cm³/mol. The summed E-state index contributed by atoms with van der Waals surface area (Å²) in [5, 5.41) is 8.26. The summed E-state index contributed by atoms with van der Waals surface area (Å²) in [5.74, 6) is 0. The average Bonchev–Trinajstić information content (AvgIpc) is 2.76. The van der Waals surface area contributed by atoms with E-state index in [4.69, 9.17) is 0 Å². The van der Waals surface area contributed by atoms with Crippen molar-refractivity contribution in [2.24, 2.45) is 0 Å². The zero-order valence-electron chi connectivity index (χ0n) is 9.77. The standard InChI is InChI=1S/C11H19BrN4/c1-10(12)11-9-16(14-13-11)8-7-15-5-3-2-4-6-15/h9-10H,2-8H2,1H3. The fourth-order valence-electron chi connectivity index (χ4n) is 2.03. The van der Waals surface area contributed by atoms with Crippen molar-refractivity contribution in [1.82, 2.24) is 19.9 Å². The van der Waals surface area contributed by atoms with Crippen molar-refractivity contribution in [3.05, 3.63) is 11.9 Å². The Balaban J connectivity index is 1.79. The molecule has 1 aliphatic rings. The summed E-state index contributed by atoms with van der Waals surface area (Å²) in [6.45, 7) is 6.61. The van der Waals surface area contributed by atoms with E-state index in [0.717, 1.165) is 18.8 Å². The van der Waals surface area contributed by atoms with Crippen molar-refractivity contribution in [3.8, 4) is 0 Å². The summed E-state index contributed by atoms with van der Waals surface area (Å²) in [5.41, 5.74) is 1.01. The zero-order chi connectivity index (χ0) is 11.4. The van der Waals surface area contributed by atoms with Gasteiger partial charge in [0.15, 0.2) is 0 Å². The summed E-state index contributed by atoms with van der Waals surface area (Å²) in [4.78, 5) is 2.80. The van der Waals surface area contributed by atoms with Crippen LogP contribution in [0.25, 0.3) is 0 Å². The van der Waals surface area contributed by atoms with Crippen molar-refractivity contribution in [1.29, 1.82) is 0 Å². The van der Waals surface area contributed by atoms with Gasteiger partial charge in [-0.25, -0.2) is 0 Å². The minimum Gasteiger partial charge on any atom is -0.301 e. The molecule has 2 heterocycles. The predicted octanol–water partition coefficient (Wildman–Crippen LogP) is 2.22. The van der Waals surface area contributed by atoms with E-state index in [0.29, 0.717) is 0 Å². The van der Waals surface area contributed by atoms with Gasteiger partial charge in [0.05, 0.1) is 17.1 Å². The molecule has 0 bridgehead atoms. The molecule has 0 spiro atoms. The molecule has 0 radical (unpaired) electrons. The molecule has 0 N–H and O–H groups in total. The second kappa shape index (κ2) is 5.77. The summed E-state index contributed by atoms with van der Waals surface area (Å²) < 4.78 is 1.95. The van der Waals surface area contributed by atoms with Crippen molar-refractivity contribution in [2.45, 2.75) is 37.6 Å². The smallest absolute Gasteiger partial charge is 0.0960 e. The maximum Gasteiger partial charge on any atom is 0.0960 e. The number of rotatable bonds is 4. The number of halogens is 1. The van der Waals surface area contributed by atoms with Gasteiger partial charge in [-0.2, -0.15) is 0 Å². The highest BCUT2D eigenvalue weighted by Crippen LogP contribution is 2.18. The van der Waals surface area contributed by atoms with Crippen LogP contribution in [0, 0.1) is 0 Å². The van der Waals surface area contributed by atoms with Crippen LogP contribution in [0.3, 0.4) is 0 Å². The molecule has 1 aromatic heterocycles. The van der Waals surface area contributed by atoms with Crippen LogP contribution in [0.5, 0.6) is 0 Å². The number of hydrogen-bond acceptors (Lipinski definition) is 3. The highest BCUT2D eigenvalue weighted by molar-refractivity contribution is 9.09. The fourth-order valence-corrected chi connectivity index (χ4v) is 2.24. The van der Waals surface area contributed by atoms with Gasteiger partial charge in [0.2, 0.25) is 0 Å². The highest BCUT2D eigenvalue weighted by Gasteiger charge is 2.11. The monoisotopic (exact) mass is 286 g/mol. The van der Waals surface area contributed by atoms with Gasteiger partial charge in [-0.1, -0.05) is 27.6 Å². The van der Waals surface area contributed by atoms with Gasteiger partial charge in [-0.3, -0.25) is 4.68 Å². The van der Waals surface area contributed by atoms with Gasteiger partial charge in [0.1, 0.15) is 0 Å². The van der Waals surface area contributed by atoms with Gasteiger partial charge >= 0.3 is 0 Å². The first kappa shape index (κ1) is 12.0. The molecule has 1 saturated heterocycles. The normalized spacial score (nSPS) is 19.9. The van der Waals surface area contributed by atoms with E-state index in [2.05, 4.69) is 38.1 Å². The Morgan fingerprint density at radius 2 is 2.06 bits per heavy atom. The molecular weight excluding hydrogens is 268 g/mol. The van der Waals surface area contributed by atoms with Crippen molar-refractivity contribution < 1.29 is 0 Å². The van der Waals surface area contributed by atoms with Gasteiger partial charge in [-0.05, 0) is 32.9 Å². The Bertz CT molecular complexity index is 318. The Morgan fingerprint density at radius 3 is 2.69 bits per heavy atom. The molecule has 0 aliphatic carbocycles. The highest BCUT2D eigenvalue weighted by atomic mass is 79.9. The lowest BCUT2D eigenvalue weighted by atomic mass is 10.1. The third-order valence-electron chi connectivity index (χ3n) is 3.06. The number of aromatic nitrogens is 3. The van der Waals surface area contributed by atoms with Crippen molar-refractivity contribution in [2.75, 3.05) is 19.6 Å². The van der Waals surface area contributed by atoms with Crippen molar-refractivity contribution >= 4 is 15.9 Å². The number of hydrogen-bond donors (Lipinski definition) is 0. The molecule has 2 rings (SSSR count). The molecule has 4 nitrogen and oxygen atoms in total. The SMILES string of the molecule is CC(Br)c1cn(CCN2CCCCC2)nn1. The lowest BCUT2D eigenvalue weighted by Crippen LogP contribution is -2.32. The van der Waals surface area contributed by atoms with E-state index < -0.39 is 0 Å². The quantitative estimate of drug-likeness (QED) is 0.796. The molecule has 1 unspecified atom stereocenters. The maximum atomic E-state index is 4.13. The van der Waals surface area contributed by atoms with E-state index in [1.807, 2.05) is 10.9 Å². The topological polar surface area (TPSA) is 34.0 Å². The van der Waals surface area contributed by atoms with Gasteiger partial charge in [-0.15, -0.1) is 5.10 Å². The van der Waals surface area contributed by atoms with Crippen LogP contribution in [-0.2, 0) is 6.54 Å². The Kier molecular flexibility index (Phi) is 4.35. The van der Waals surface area contributed by atoms with Crippen LogP contribution in [0.4, 0.5) is 0 Å². The van der Waals surface area contributed by atoms with Gasteiger partial charge < -0.3 is 4.90 Å². The zero-order valence-corrected chi connectivity index (χ0v) is 11.4. The maximum absolute atomic E-state index is 4.13. The van der Waals surface area contributed by atoms with Crippen LogP contribution in [0.15, 0.2) is 6.20 Å². The van der Waals surface area contributed by atoms with Crippen LogP contribution in [-0.4, -0.2) is 39.5 Å². The van der Waals surface area contributed by atoms with Crippen LogP contribution in [0.1, 0.15) is 36.7 Å². The number of nitrogens with zero attached hydrogens (tertiary/aromatic N) is 4. The van der Waals surface area contributed by atoms with Crippen LogP contribution in [0.2, 0.25) is 0 Å². The Labute approximate surface area is 105 Å². The molecular formula is C11H19BrN4. The molecule has 1 aromatic rings. The summed E-state index contributed by atoms with van der Waals surface area (Å²) >= 11 is 3.50. The molecule has 5 heteroatoms. The third-order valence-corrected chi connectivity index (χ3v) is 3.53. The molecule has 1 aliphatic heterocycles. The molecule has 1 atom stereocenters. The van der Waals surface area contributed by atoms with Gasteiger partial charge in [0, 0.05) is 12.7 Å². The summed E-state index contributed by atoms with van der Waals surface area (Å²) in [7, 11) is 0. The first-order chi connectivity index (χ1) is 7.75. The van der Waals surface area contributed by atoms with Crippen LogP contribution < -0.4 is 0 Å². The fraction of sp³-hybridized carbons (Fsp3) is 0.818. The second-order valence-electron chi connectivity index (χ2n) is 4.42. The van der Waals surface area contributed by atoms with E-state index in [1.165, 1.54) is 32.4 Å². The number of alkyl halides is 1. The van der Waals surface area contributed by atoms with Crippen molar-refractivity contribution in [3.63, 3.8) is 0 Å². The van der Waals surface area contributed by atoms with E-state index in [-0.39, 0.29) is 4.83 Å². The molecule has 90 valence electrons. The van der Waals surface area contributed by atoms with E-state index >= 15 is 0 Å². The minimum absolute atomic E-state index is 0.288. The molecule has 0 saturated carbocycles. The molecule has 0 amide bonds. The molecule has 16 heavy (non-hydrogen) atoms. The lowest BCUT2D eigenvalue weighted by Gasteiger charge is -2.25. The number of piperidine rings is 1. The van der Waals surface area contributed by atoms with E-state index in [9.17, 15) is 0 Å². The molecule has 1 fully saturated rings. The molecule has 0 aromatic carbocycles. The Hall–Kier alpha value is -0.420. The Morgan fingerprint density at radius 1 is 1.31 bits per heavy atom. The van der Waals surface area contributed by atoms with E-state index in [1.54, 1.807) is 0 Å². The number of likely N-dealkylation sites (tertiary alicyclic amines) is 1. The first-order valence-electron chi connectivity index (χ1n) is 6.02.